The van der Waals surface area contributed by atoms with Crippen molar-refractivity contribution in [2.24, 2.45) is 0 Å². The van der Waals surface area contributed by atoms with Crippen LogP contribution in [0.1, 0.15) is 19.4 Å². The number of rotatable bonds is 6. The first kappa shape index (κ1) is 16.6. The fourth-order valence-electron chi connectivity index (χ4n) is 2.60. The topological polar surface area (TPSA) is 44.1 Å². The van der Waals surface area contributed by atoms with Gasteiger partial charge in [0.1, 0.15) is 5.75 Å². The first-order valence-corrected chi connectivity index (χ1v) is 9.06. The largest absolute Gasteiger partial charge is 0.494 e. The summed E-state index contributed by atoms with van der Waals surface area (Å²) >= 11 is 1.57. The van der Waals surface area contributed by atoms with Gasteiger partial charge in [0, 0.05) is 17.9 Å². The Morgan fingerprint density at radius 2 is 1.83 bits per heavy atom. The van der Waals surface area contributed by atoms with E-state index in [1.54, 1.807) is 16.3 Å². The number of aromatic nitrogens is 2. The van der Waals surface area contributed by atoms with Crippen LogP contribution in [0.3, 0.4) is 0 Å². The van der Waals surface area contributed by atoms with Crippen molar-refractivity contribution in [1.29, 1.82) is 0 Å². The third-order valence-electron chi connectivity index (χ3n) is 3.77. The second-order valence-corrected chi connectivity index (χ2v) is 6.23. The summed E-state index contributed by atoms with van der Waals surface area (Å²) in [6, 6.07) is 15.5. The predicted molar refractivity (Wildman–Crippen MR) is 98.8 cm³/mol. The van der Waals surface area contributed by atoms with Gasteiger partial charge in [0.2, 0.25) is 0 Å². The molecule has 0 saturated carbocycles. The number of fused-ring (bicyclic) bond motifs is 1. The average molecular weight is 340 g/mol. The van der Waals surface area contributed by atoms with Crippen molar-refractivity contribution in [3.8, 4) is 5.75 Å². The first-order chi connectivity index (χ1) is 11.7. The highest BCUT2D eigenvalue weighted by molar-refractivity contribution is 7.98. The predicted octanol–water partition coefficient (Wildman–Crippen LogP) is 4.11. The molecule has 0 spiro atoms. The molecule has 0 amide bonds. The van der Waals surface area contributed by atoms with Gasteiger partial charge >= 0.3 is 0 Å². The Bertz CT molecular complexity index is 905. The molecule has 124 valence electrons. The zero-order chi connectivity index (χ0) is 16.9. The molecule has 1 aromatic heterocycles. The lowest BCUT2D eigenvalue weighted by molar-refractivity contribution is 0.337. The average Bonchev–Trinajstić information content (AvgIpc) is 2.61. The Morgan fingerprint density at radius 3 is 2.62 bits per heavy atom. The van der Waals surface area contributed by atoms with Gasteiger partial charge in [0.15, 0.2) is 5.16 Å². The molecule has 1 heterocycles. The molecule has 0 fully saturated rings. The van der Waals surface area contributed by atoms with Crippen molar-refractivity contribution in [2.45, 2.75) is 31.3 Å². The van der Waals surface area contributed by atoms with Crippen LogP contribution in [-0.2, 0) is 12.3 Å². The lowest BCUT2D eigenvalue weighted by atomic mass is 10.2. The Hall–Kier alpha value is -2.27. The van der Waals surface area contributed by atoms with E-state index in [1.807, 2.05) is 62.4 Å². The molecular formula is C19H20N2O2S. The van der Waals surface area contributed by atoms with Crippen LogP contribution in [0.25, 0.3) is 10.9 Å². The molecule has 3 rings (SSSR count). The highest BCUT2D eigenvalue weighted by atomic mass is 32.2. The summed E-state index contributed by atoms with van der Waals surface area (Å²) in [5, 5.41) is 1.41. The molecule has 0 aliphatic carbocycles. The monoisotopic (exact) mass is 340 g/mol. The molecule has 0 aliphatic rings. The van der Waals surface area contributed by atoms with Crippen molar-refractivity contribution >= 4 is 22.7 Å². The van der Waals surface area contributed by atoms with Gasteiger partial charge in [0.05, 0.1) is 17.5 Å². The smallest absolute Gasteiger partial charge is 0.262 e. The van der Waals surface area contributed by atoms with Crippen LogP contribution in [0.5, 0.6) is 5.75 Å². The summed E-state index contributed by atoms with van der Waals surface area (Å²) in [7, 11) is 0. The van der Waals surface area contributed by atoms with Gasteiger partial charge < -0.3 is 4.74 Å². The molecule has 4 nitrogen and oxygen atoms in total. The zero-order valence-corrected chi connectivity index (χ0v) is 14.7. The summed E-state index contributed by atoms with van der Waals surface area (Å²) in [6.07, 6.45) is 0. The highest BCUT2D eigenvalue weighted by Crippen LogP contribution is 2.27. The van der Waals surface area contributed by atoms with Crippen molar-refractivity contribution in [3.63, 3.8) is 0 Å². The van der Waals surface area contributed by atoms with Gasteiger partial charge in [-0.25, -0.2) is 4.98 Å². The summed E-state index contributed by atoms with van der Waals surface area (Å²) in [6.45, 7) is 5.18. The molecule has 0 N–H and O–H groups in total. The molecule has 0 bridgehead atoms. The van der Waals surface area contributed by atoms with Crippen LogP contribution < -0.4 is 10.3 Å². The summed E-state index contributed by atoms with van der Waals surface area (Å²) in [4.78, 5) is 17.3. The van der Waals surface area contributed by atoms with E-state index in [0.717, 1.165) is 22.0 Å². The minimum atomic E-state index is 0.0173. The zero-order valence-electron chi connectivity index (χ0n) is 13.9. The molecular weight excluding hydrogens is 320 g/mol. The number of para-hydroxylation sites is 2. The second kappa shape index (κ2) is 7.53. The minimum absolute atomic E-state index is 0.0173. The summed E-state index contributed by atoms with van der Waals surface area (Å²) < 4.78 is 7.41. The Balaban J connectivity index is 1.94. The van der Waals surface area contributed by atoms with Gasteiger partial charge in [-0.1, -0.05) is 42.1 Å². The number of benzene rings is 2. The fourth-order valence-corrected chi connectivity index (χ4v) is 3.65. The lowest BCUT2D eigenvalue weighted by Crippen LogP contribution is -2.22. The van der Waals surface area contributed by atoms with Crippen LogP contribution in [0.15, 0.2) is 58.5 Å². The van der Waals surface area contributed by atoms with E-state index < -0.39 is 0 Å². The van der Waals surface area contributed by atoms with E-state index in [-0.39, 0.29) is 5.56 Å². The number of hydrogen-bond acceptors (Lipinski definition) is 4. The van der Waals surface area contributed by atoms with Crippen LogP contribution in [0.2, 0.25) is 0 Å². The molecule has 3 aromatic rings. The molecule has 0 radical (unpaired) electrons. The van der Waals surface area contributed by atoms with Crippen molar-refractivity contribution in [3.05, 3.63) is 64.4 Å². The SMILES string of the molecule is CCOc1ccccc1CSc1nc2ccccc2c(=O)n1CC. The van der Waals surface area contributed by atoms with Crippen molar-refractivity contribution < 1.29 is 4.74 Å². The third kappa shape index (κ3) is 3.31. The van der Waals surface area contributed by atoms with Crippen molar-refractivity contribution in [2.75, 3.05) is 6.61 Å². The Labute approximate surface area is 145 Å². The van der Waals surface area contributed by atoms with Crippen LogP contribution >= 0.6 is 11.8 Å². The third-order valence-corrected chi connectivity index (χ3v) is 4.80. The minimum Gasteiger partial charge on any atom is -0.494 e. The van der Waals surface area contributed by atoms with Gasteiger partial charge in [-0.3, -0.25) is 9.36 Å². The first-order valence-electron chi connectivity index (χ1n) is 8.07. The summed E-state index contributed by atoms with van der Waals surface area (Å²) in [5.41, 5.74) is 1.87. The Morgan fingerprint density at radius 1 is 1.08 bits per heavy atom. The normalized spacial score (nSPS) is 10.9. The van der Waals surface area contributed by atoms with Gasteiger partial charge in [-0.05, 0) is 32.0 Å². The van der Waals surface area contributed by atoms with Crippen molar-refractivity contribution in [1.82, 2.24) is 9.55 Å². The maximum atomic E-state index is 12.6. The maximum absolute atomic E-state index is 12.6. The molecule has 0 atom stereocenters. The molecule has 0 aliphatic heterocycles. The Kier molecular flexibility index (Phi) is 5.20. The van der Waals surface area contributed by atoms with Crippen LogP contribution in [0.4, 0.5) is 0 Å². The van der Waals surface area contributed by atoms with Gasteiger partial charge in [-0.2, -0.15) is 0 Å². The number of nitrogens with zero attached hydrogens (tertiary/aromatic N) is 2. The number of ether oxygens (including phenoxy) is 1. The highest BCUT2D eigenvalue weighted by Gasteiger charge is 2.11. The molecule has 2 aromatic carbocycles. The summed E-state index contributed by atoms with van der Waals surface area (Å²) in [5.74, 6) is 1.60. The van der Waals surface area contributed by atoms with E-state index in [4.69, 9.17) is 4.74 Å². The molecule has 5 heteroatoms. The maximum Gasteiger partial charge on any atom is 0.262 e. The van der Waals surface area contributed by atoms with E-state index in [0.29, 0.717) is 24.3 Å². The standard InChI is InChI=1S/C19H20N2O2S/c1-3-21-18(22)15-10-6-7-11-16(15)20-19(21)24-13-14-9-5-8-12-17(14)23-4-2/h5-12H,3-4,13H2,1-2H3. The lowest BCUT2D eigenvalue weighted by Gasteiger charge is -2.13. The number of thioether (sulfide) groups is 1. The van der Waals surface area contributed by atoms with E-state index in [2.05, 4.69) is 4.98 Å². The number of hydrogen-bond donors (Lipinski definition) is 0. The van der Waals surface area contributed by atoms with E-state index >= 15 is 0 Å². The van der Waals surface area contributed by atoms with Crippen LogP contribution in [-0.4, -0.2) is 16.2 Å². The van der Waals surface area contributed by atoms with E-state index in [1.165, 1.54) is 0 Å². The fraction of sp³-hybridized carbons (Fsp3) is 0.263. The molecule has 24 heavy (non-hydrogen) atoms. The molecule has 0 unspecified atom stereocenters. The van der Waals surface area contributed by atoms with Gasteiger partial charge in [-0.15, -0.1) is 0 Å². The molecule has 0 saturated heterocycles. The quantitative estimate of drug-likeness (QED) is 0.500. The van der Waals surface area contributed by atoms with Gasteiger partial charge in [0.25, 0.3) is 5.56 Å². The van der Waals surface area contributed by atoms with Crippen LogP contribution in [0, 0.1) is 0 Å². The van der Waals surface area contributed by atoms with E-state index in [9.17, 15) is 4.79 Å². The second-order valence-electron chi connectivity index (χ2n) is 5.29.